The van der Waals surface area contributed by atoms with E-state index < -0.39 is 35.0 Å². The van der Waals surface area contributed by atoms with Crippen LogP contribution in [0.5, 0.6) is 0 Å². The number of para-hydroxylation sites is 1. The van der Waals surface area contributed by atoms with Crippen molar-refractivity contribution in [2.75, 3.05) is 5.32 Å². The Morgan fingerprint density at radius 3 is 2.17 bits per heavy atom. The summed E-state index contributed by atoms with van der Waals surface area (Å²) in [5.41, 5.74) is 1.82. The van der Waals surface area contributed by atoms with Gasteiger partial charge in [0.2, 0.25) is 0 Å². The molecule has 0 aliphatic heterocycles. The van der Waals surface area contributed by atoms with Gasteiger partial charge in [-0.1, -0.05) is 34.1 Å². The quantitative estimate of drug-likeness (QED) is 0.271. The third-order valence-electron chi connectivity index (χ3n) is 5.31. The van der Waals surface area contributed by atoms with E-state index in [0.717, 1.165) is 0 Å². The second kappa shape index (κ2) is 12.6. The van der Waals surface area contributed by atoms with Crippen LogP contribution in [0.25, 0.3) is 11.1 Å². The maximum Gasteiger partial charge on any atom is 0.407 e. The van der Waals surface area contributed by atoms with Gasteiger partial charge in [-0.2, -0.15) is 0 Å². The molecule has 9 heteroatoms. The number of esters is 1. The average Bonchev–Trinajstić information content (AvgIpc) is 2.81. The topological polar surface area (TPSA) is 93.7 Å². The lowest BCUT2D eigenvalue weighted by molar-refractivity contribution is -0.153. The smallest absolute Gasteiger partial charge is 0.407 e. The van der Waals surface area contributed by atoms with E-state index in [9.17, 15) is 18.8 Å². The number of carbonyl (C=O) groups is 3. The Morgan fingerprint density at radius 2 is 1.50 bits per heavy atom. The van der Waals surface area contributed by atoms with Gasteiger partial charge in [-0.3, -0.25) is 9.59 Å². The molecule has 0 spiro atoms. The Balaban J connectivity index is 1.81. The fraction of sp³-hybridized carbons (Fsp3) is 0.323. The minimum atomic E-state index is -0.652. The second-order valence-electron chi connectivity index (χ2n) is 11.3. The van der Waals surface area contributed by atoms with Gasteiger partial charge >= 0.3 is 12.1 Å². The fourth-order valence-corrected chi connectivity index (χ4v) is 4.31. The maximum atomic E-state index is 14.5. The van der Waals surface area contributed by atoms with Gasteiger partial charge in [-0.25, -0.2) is 9.18 Å². The molecule has 3 aromatic carbocycles. The molecule has 2 amide bonds. The van der Waals surface area contributed by atoms with Crippen LogP contribution in [0, 0.1) is 5.82 Å². The molecular weight excluding hydrogens is 579 g/mol. The van der Waals surface area contributed by atoms with Crippen LogP contribution in [0.15, 0.2) is 65.1 Å². The van der Waals surface area contributed by atoms with E-state index in [1.807, 2.05) is 0 Å². The van der Waals surface area contributed by atoms with E-state index in [1.165, 1.54) is 12.1 Å². The first kappa shape index (κ1) is 30.8. The van der Waals surface area contributed by atoms with E-state index >= 15 is 0 Å². The molecule has 2 N–H and O–H groups in total. The lowest BCUT2D eigenvalue weighted by Crippen LogP contribution is -2.32. The molecule has 212 valence electrons. The molecular formula is C31H34BrFN2O5. The summed E-state index contributed by atoms with van der Waals surface area (Å²) >= 11 is 3.45. The lowest BCUT2D eigenvalue weighted by Gasteiger charge is -2.20. The molecule has 3 aromatic rings. The van der Waals surface area contributed by atoms with Gasteiger partial charge in [-0.15, -0.1) is 0 Å². The molecule has 0 saturated carbocycles. The van der Waals surface area contributed by atoms with Gasteiger partial charge in [0, 0.05) is 22.3 Å². The van der Waals surface area contributed by atoms with Crippen molar-refractivity contribution in [2.24, 2.45) is 0 Å². The van der Waals surface area contributed by atoms with E-state index in [1.54, 1.807) is 90.1 Å². The van der Waals surface area contributed by atoms with Crippen molar-refractivity contribution >= 4 is 39.6 Å². The minimum absolute atomic E-state index is 0.000851. The zero-order chi connectivity index (χ0) is 29.7. The minimum Gasteiger partial charge on any atom is -0.460 e. The molecule has 3 rings (SSSR count). The maximum absolute atomic E-state index is 14.5. The number of carbonyl (C=O) groups excluding carboxylic acids is 3. The van der Waals surface area contributed by atoms with Crippen molar-refractivity contribution in [3.63, 3.8) is 0 Å². The molecule has 0 aliphatic carbocycles. The third-order valence-corrected chi connectivity index (χ3v) is 5.76. The van der Waals surface area contributed by atoms with E-state index in [2.05, 4.69) is 26.6 Å². The molecule has 0 heterocycles. The van der Waals surface area contributed by atoms with Crippen molar-refractivity contribution in [3.8, 4) is 11.1 Å². The number of halogens is 2. The predicted octanol–water partition coefficient (Wildman–Crippen LogP) is 7.42. The number of benzene rings is 3. The molecule has 0 saturated heterocycles. The van der Waals surface area contributed by atoms with Crippen LogP contribution in [0.4, 0.5) is 14.9 Å². The van der Waals surface area contributed by atoms with Crippen LogP contribution in [0.1, 0.15) is 63.0 Å². The predicted molar refractivity (Wildman–Crippen MR) is 157 cm³/mol. The molecule has 7 nitrogen and oxygen atoms in total. The number of anilines is 1. The van der Waals surface area contributed by atoms with E-state index in [-0.39, 0.29) is 13.0 Å². The molecule has 0 aromatic heterocycles. The highest BCUT2D eigenvalue weighted by atomic mass is 79.9. The summed E-state index contributed by atoms with van der Waals surface area (Å²) in [5.74, 6) is -1.29. The molecule has 0 aliphatic rings. The SMILES string of the molecule is CC(C)(C)OC(=O)Cc1ccccc1NC(=O)c1cc(Br)cc(-c2cc(F)cc(CNC(=O)OC(C)(C)C)c2)c1. The van der Waals surface area contributed by atoms with Gasteiger partial charge < -0.3 is 20.1 Å². The summed E-state index contributed by atoms with van der Waals surface area (Å²) in [7, 11) is 0. The summed E-state index contributed by atoms with van der Waals surface area (Å²) in [5, 5.41) is 5.50. The fourth-order valence-electron chi connectivity index (χ4n) is 3.82. The molecule has 0 fully saturated rings. The van der Waals surface area contributed by atoms with Crippen LogP contribution in [-0.4, -0.2) is 29.2 Å². The number of alkyl carbamates (subject to hydrolysis) is 1. The van der Waals surface area contributed by atoms with Crippen LogP contribution < -0.4 is 10.6 Å². The second-order valence-corrected chi connectivity index (χ2v) is 12.2. The lowest BCUT2D eigenvalue weighted by atomic mass is 10.00. The van der Waals surface area contributed by atoms with Crippen LogP contribution in [-0.2, 0) is 27.2 Å². The Morgan fingerprint density at radius 1 is 0.850 bits per heavy atom. The molecule has 40 heavy (non-hydrogen) atoms. The zero-order valence-corrected chi connectivity index (χ0v) is 25.1. The normalized spacial score (nSPS) is 11.5. The van der Waals surface area contributed by atoms with Crippen molar-refractivity contribution in [1.82, 2.24) is 5.32 Å². The molecule has 0 unspecified atom stereocenters. The first-order chi connectivity index (χ1) is 18.6. The first-order valence-corrected chi connectivity index (χ1v) is 13.6. The Bertz CT molecular complexity index is 1410. The average molecular weight is 614 g/mol. The van der Waals surface area contributed by atoms with Gasteiger partial charge in [0.25, 0.3) is 5.91 Å². The number of rotatable bonds is 7. The van der Waals surface area contributed by atoms with Crippen molar-refractivity contribution < 1.29 is 28.2 Å². The highest BCUT2D eigenvalue weighted by Crippen LogP contribution is 2.28. The Labute approximate surface area is 242 Å². The number of amides is 2. The van der Waals surface area contributed by atoms with E-state index in [4.69, 9.17) is 9.47 Å². The number of hydrogen-bond donors (Lipinski definition) is 2. The monoisotopic (exact) mass is 612 g/mol. The standard InChI is InChI=1S/C31H34BrFN2O5/c1-30(2,3)39-27(36)17-20-9-7-8-10-26(20)35-28(37)23-13-22(14-24(32)15-23)21-11-19(12-25(33)16-21)18-34-29(38)40-31(4,5)6/h7-16H,17-18H2,1-6H3,(H,34,38)(H,35,37). The summed E-state index contributed by atoms with van der Waals surface area (Å²) in [4.78, 5) is 37.7. The third kappa shape index (κ3) is 9.79. The van der Waals surface area contributed by atoms with Crippen LogP contribution in [0.2, 0.25) is 0 Å². The summed E-state index contributed by atoms with van der Waals surface area (Å²) in [6.07, 6.45) is -0.604. The number of nitrogens with one attached hydrogen (secondary N) is 2. The zero-order valence-electron chi connectivity index (χ0n) is 23.5. The number of hydrogen-bond acceptors (Lipinski definition) is 5. The van der Waals surface area contributed by atoms with E-state index in [0.29, 0.717) is 38.0 Å². The van der Waals surface area contributed by atoms with Gasteiger partial charge in [0.05, 0.1) is 6.42 Å². The summed E-state index contributed by atoms with van der Waals surface area (Å²) in [6.45, 7) is 10.7. The first-order valence-electron chi connectivity index (χ1n) is 12.8. The van der Waals surface area contributed by atoms with Crippen LogP contribution in [0.3, 0.4) is 0 Å². The van der Waals surface area contributed by atoms with Crippen molar-refractivity contribution in [1.29, 1.82) is 0 Å². The molecule has 0 bridgehead atoms. The molecule has 0 radical (unpaired) electrons. The number of ether oxygens (including phenoxy) is 2. The molecule has 0 atom stereocenters. The summed E-state index contributed by atoms with van der Waals surface area (Å²) in [6, 6.07) is 16.5. The highest BCUT2D eigenvalue weighted by molar-refractivity contribution is 9.10. The largest absolute Gasteiger partial charge is 0.460 e. The van der Waals surface area contributed by atoms with Gasteiger partial charge in [0.15, 0.2) is 0 Å². The van der Waals surface area contributed by atoms with Gasteiger partial charge in [-0.05, 0) is 106 Å². The van der Waals surface area contributed by atoms with Crippen molar-refractivity contribution in [2.45, 2.75) is 65.7 Å². The Hall–Kier alpha value is -3.72. The summed E-state index contributed by atoms with van der Waals surface area (Å²) < 4.78 is 25.8. The van der Waals surface area contributed by atoms with Crippen LogP contribution >= 0.6 is 15.9 Å². The van der Waals surface area contributed by atoms with Crippen molar-refractivity contribution in [3.05, 3.63) is 87.6 Å². The Kier molecular flexibility index (Phi) is 9.73. The van der Waals surface area contributed by atoms with Gasteiger partial charge in [0.1, 0.15) is 17.0 Å². The highest BCUT2D eigenvalue weighted by Gasteiger charge is 2.19.